The molecule has 0 bridgehead atoms. The smallest absolute Gasteiger partial charge is 0.407 e. The molecule has 3 aromatic heterocycles. The molecule has 0 spiro atoms. The van der Waals surface area contributed by atoms with E-state index in [0.29, 0.717) is 12.5 Å². The first-order valence-electron chi connectivity index (χ1n) is 9.68. The summed E-state index contributed by atoms with van der Waals surface area (Å²) < 4.78 is 5.67. The lowest BCUT2D eigenvalue weighted by atomic mass is 10.1. The summed E-state index contributed by atoms with van der Waals surface area (Å²) in [6.07, 6.45) is 9.49. The van der Waals surface area contributed by atoms with Gasteiger partial charge in [-0.2, -0.15) is 0 Å². The number of anilines is 1. The Kier molecular flexibility index (Phi) is 4.07. The van der Waals surface area contributed by atoms with E-state index in [1.54, 1.807) is 0 Å². The van der Waals surface area contributed by atoms with Gasteiger partial charge in [0, 0.05) is 47.8 Å². The minimum absolute atomic E-state index is 0.112. The number of rotatable bonds is 4. The molecule has 0 aromatic carbocycles. The third-order valence-corrected chi connectivity index (χ3v) is 5.47. The third kappa shape index (κ3) is 3.29. The summed E-state index contributed by atoms with van der Waals surface area (Å²) in [5.74, 6) is 1.59. The highest BCUT2D eigenvalue weighted by Crippen LogP contribution is 2.32. The van der Waals surface area contributed by atoms with Gasteiger partial charge in [-0.1, -0.05) is 0 Å². The number of carbonyl (C=O) groups excluding carboxylic acids is 1. The Labute approximate surface area is 157 Å². The third-order valence-electron chi connectivity index (χ3n) is 5.47. The van der Waals surface area contributed by atoms with Crippen LogP contribution >= 0.6 is 0 Å². The number of nitrogens with zero attached hydrogens (tertiary/aromatic N) is 3. The largest absolute Gasteiger partial charge is 0.444 e. The van der Waals surface area contributed by atoms with Crippen molar-refractivity contribution in [1.82, 2.24) is 20.3 Å². The maximum absolute atomic E-state index is 12.1. The van der Waals surface area contributed by atoms with Crippen LogP contribution in [0.3, 0.4) is 0 Å². The number of aromatic nitrogens is 3. The van der Waals surface area contributed by atoms with Gasteiger partial charge in [0.25, 0.3) is 0 Å². The fourth-order valence-electron chi connectivity index (χ4n) is 3.86. The molecule has 7 nitrogen and oxygen atoms in total. The summed E-state index contributed by atoms with van der Waals surface area (Å²) >= 11 is 0. The van der Waals surface area contributed by atoms with Crippen LogP contribution in [0.2, 0.25) is 0 Å². The van der Waals surface area contributed by atoms with Crippen LogP contribution in [-0.2, 0) is 4.74 Å². The average molecular weight is 365 g/mol. The molecule has 2 fully saturated rings. The van der Waals surface area contributed by atoms with Crippen molar-refractivity contribution in [2.75, 3.05) is 24.5 Å². The number of hydrogen-bond acceptors (Lipinski definition) is 5. The van der Waals surface area contributed by atoms with E-state index in [1.807, 2.05) is 30.7 Å². The Morgan fingerprint density at radius 3 is 3.11 bits per heavy atom. The van der Waals surface area contributed by atoms with Gasteiger partial charge in [0.2, 0.25) is 0 Å². The minimum Gasteiger partial charge on any atom is -0.444 e. The van der Waals surface area contributed by atoms with Gasteiger partial charge in [-0.3, -0.25) is 0 Å². The van der Waals surface area contributed by atoms with Crippen LogP contribution in [0.15, 0.2) is 30.7 Å². The number of H-pyrrole nitrogens is 1. The lowest BCUT2D eigenvalue weighted by molar-refractivity contribution is 0.0880. The normalized spacial score (nSPS) is 20.1. The molecule has 4 heterocycles. The van der Waals surface area contributed by atoms with Gasteiger partial charge in [0.05, 0.1) is 6.54 Å². The van der Waals surface area contributed by atoms with Gasteiger partial charge in [0.1, 0.15) is 17.6 Å². The van der Waals surface area contributed by atoms with Crippen LogP contribution in [0.25, 0.3) is 21.8 Å². The highest BCUT2D eigenvalue weighted by atomic mass is 16.6. The Morgan fingerprint density at radius 2 is 2.22 bits per heavy atom. The average Bonchev–Trinajstić information content (AvgIpc) is 3.40. The molecule has 1 saturated heterocycles. The Hall–Kier alpha value is -2.83. The highest BCUT2D eigenvalue weighted by molar-refractivity contribution is 6.10. The molecule has 5 rings (SSSR count). The van der Waals surface area contributed by atoms with Gasteiger partial charge in [0.15, 0.2) is 0 Å². The molecule has 2 N–H and O–H groups in total. The number of piperidine rings is 1. The van der Waals surface area contributed by atoms with Crippen LogP contribution in [0.4, 0.5) is 10.6 Å². The zero-order valence-corrected chi connectivity index (χ0v) is 15.1. The van der Waals surface area contributed by atoms with E-state index in [0.717, 1.165) is 53.6 Å². The van der Waals surface area contributed by atoms with E-state index in [4.69, 9.17) is 4.74 Å². The van der Waals surface area contributed by atoms with Crippen LogP contribution in [0.5, 0.6) is 0 Å². The van der Waals surface area contributed by atoms with E-state index in [9.17, 15) is 4.79 Å². The van der Waals surface area contributed by atoms with Crippen LogP contribution in [-0.4, -0.2) is 46.8 Å². The molecule has 1 amide bonds. The molecule has 3 aromatic rings. The number of pyridine rings is 2. The van der Waals surface area contributed by atoms with E-state index in [1.165, 1.54) is 12.8 Å². The van der Waals surface area contributed by atoms with Crippen LogP contribution in [0.1, 0.15) is 25.7 Å². The number of carbonyl (C=O) groups is 1. The van der Waals surface area contributed by atoms with Crippen molar-refractivity contribution >= 4 is 33.7 Å². The van der Waals surface area contributed by atoms with E-state index in [2.05, 4.69) is 25.2 Å². The fraction of sp³-hybridized carbons (Fsp3) is 0.450. The van der Waals surface area contributed by atoms with Crippen LogP contribution in [0, 0.1) is 5.92 Å². The number of alkyl carbamates (subject to hydrolysis) is 1. The summed E-state index contributed by atoms with van der Waals surface area (Å²) in [4.78, 5) is 26.6. The number of ether oxygens (including phenoxy) is 1. The van der Waals surface area contributed by atoms with Gasteiger partial charge in [-0.15, -0.1) is 0 Å². The van der Waals surface area contributed by atoms with Crippen molar-refractivity contribution in [2.24, 2.45) is 5.92 Å². The standard InChI is InChI=1S/C20H23N5O2/c26-20(24-10-13-3-4-13)27-15-2-1-9-25(12-15)19-17-14(5-7-22-19)11-23-18-16(17)6-8-21-18/h5-8,11,13,15H,1-4,9-10,12H2,(H,21,23)(H,24,26). The van der Waals surface area contributed by atoms with Crippen molar-refractivity contribution < 1.29 is 9.53 Å². The van der Waals surface area contributed by atoms with Crippen molar-refractivity contribution in [2.45, 2.75) is 31.8 Å². The van der Waals surface area contributed by atoms with Gasteiger partial charge < -0.3 is 19.9 Å². The van der Waals surface area contributed by atoms with Gasteiger partial charge >= 0.3 is 6.09 Å². The number of fused-ring (bicyclic) bond motifs is 3. The lowest BCUT2D eigenvalue weighted by Gasteiger charge is -2.33. The summed E-state index contributed by atoms with van der Waals surface area (Å²) in [6.45, 7) is 2.31. The molecule has 0 radical (unpaired) electrons. The molecule has 1 aliphatic heterocycles. The summed E-state index contributed by atoms with van der Waals surface area (Å²) in [5, 5.41) is 6.13. The zero-order chi connectivity index (χ0) is 18.2. The van der Waals surface area contributed by atoms with Crippen molar-refractivity contribution in [3.8, 4) is 0 Å². The van der Waals surface area contributed by atoms with Crippen molar-refractivity contribution in [3.63, 3.8) is 0 Å². The fourth-order valence-corrected chi connectivity index (χ4v) is 3.86. The van der Waals surface area contributed by atoms with E-state index >= 15 is 0 Å². The summed E-state index contributed by atoms with van der Waals surface area (Å²) in [7, 11) is 0. The maximum Gasteiger partial charge on any atom is 0.407 e. The summed E-state index contributed by atoms with van der Waals surface area (Å²) in [5.41, 5.74) is 0.862. The minimum atomic E-state index is -0.295. The lowest BCUT2D eigenvalue weighted by Crippen LogP contribution is -2.43. The molecule has 2 aliphatic rings. The molecule has 140 valence electrons. The predicted molar refractivity (Wildman–Crippen MR) is 104 cm³/mol. The quantitative estimate of drug-likeness (QED) is 0.742. The predicted octanol–water partition coefficient (Wildman–Crippen LogP) is 3.22. The monoisotopic (exact) mass is 365 g/mol. The molecule has 1 unspecified atom stereocenters. The molecular weight excluding hydrogens is 342 g/mol. The maximum atomic E-state index is 12.1. The molecule has 7 heteroatoms. The number of nitrogens with one attached hydrogen (secondary N) is 2. The Bertz CT molecular complexity index is 981. The molecule has 1 aliphatic carbocycles. The second-order valence-corrected chi connectivity index (χ2v) is 7.54. The zero-order valence-electron chi connectivity index (χ0n) is 15.1. The number of aromatic amines is 1. The second kappa shape index (κ2) is 6.72. The van der Waals surface area contributed by atoms with Crippen LogP contribution < -0.4 is 10.2 Å². The first kappa shape index (κ1) is 16.4. The van der Waals surface area contributed by atoms with Gasteiger partial charge in [-0.05, 0) is 43.7 Å². The molecule has 1 atom stereocenters. The Balaban J connectivity index is 1.37. The second-order valence-electron chi connectivity index (χ2n) is 7.54. The number of amides is 1. The first-order chi connectivity index (χ1) is 13.3. The Morgan fingerprint density at radius 1 is 1.30 bits per heavy atom. The van der Waals surface area contributed by atoms with Crippen molar-refractivity contribution in [3.05, 3.63) is 30.7 Å². The SMILES string of the molecule is O=C(NCC1CC1)OC1CCCN(c2nccc3cnc4[nH]ccc4c23)C1. The summed E-state index contributed by atoms with van der Waals surface area (Å²) in [6, 6.07) is 4.03. The molecular formula is C20H23N5O2. The topological polar surface area (TPSA) is 83.1 Å². The highest BCUT2D eigenvalue weighted by Gasteiger charge is 2.27. The number of hydrogen-bond donors (Lipinski definition) is 2. The van der Waals surface area contributed by atoms with Crippen molar-refractivity contribution in [1.29, 1.82) is 0 Å². The van der Waals surface area contributed by atoms with E-state index < -0.39 is 0 Å². The van der Waals surface area contributed by atoms with E-state index in [-0.39, 0.29) is 12.2 Å². The first-order valence-corrected chi connectivity index (χ1v) is 9.68. The molecule has 27 heavy (non-hydrogen) atoms. The molecule has 1 saturated carbocycles. The van der Waals surface area contributed by atoms with Gasteiger partial charge in [-0.25, -0.2) is 14.8 Å².